The summed E-state index contributed by atoms with van der Waals surface area (Å²) in [7, 11) is 0. The second kappa shape index (κ2) is 2.71. The second-order valence-corrected chi connectivity index (χ2v) is 3.75. The molecule has 3 rings (SSSR count). The second-order valence-electron chi connectivity index (χ2n) is 3.75. The summed E-state index contributed by atoms with van der Waals surface area (Å²) >= 11 is 0. The lowest BCUT2D eigenvalue weighted by Gasteiger charge is -2.36. The fourth-order valence-electron chi connectivity index (χ4n) is 1.70. The first-order valence-corrected chi connectivity index (χ1v) is 4.61. The molecule has 0 bridgehead atoms. The normalized spacial score (nSPS) is 19.0. The number of H-pyrrole nitrogens is 1. The van der Waals surface area contributed by atoms with E-state index < -0.39 is 11.4 Å². The van der Waals surface area contributed by atoms with Crippen molar-refractivity contribution in [3.8, 4) is 0 Å². The van der Waals surface area contributed by atoms with Gasteiger partial charge in [0.25, 0.3) is 0 Å². The summed E-state index contributed by atoms with van der Waals surface area (Å²) in [6, 6.07) is 5.14. The van der Waals surface area contributed by atoms with Gasteiger partial charge in [-0.05, 0) is 17.7 Å². The fourth-order valence-corrected chi connectivity index (χ4v) is 1.70. The zero-order valence-electron chi connectivity index (χ0n) is 7.82. The van der Waals surface area contributed by atoms with Crippen LogP contribution >= 0.6 is 0 Å². The van der Waals surface area contributed by atoms with E-state index in [4.69, 9.17) is 9.15 Å². The van der Waals surface area contributed by atoms with Gasteiger partial charge in [-0.2, -0.15) is 0 Å². The van der Waals surface area contributed by atoms with Gasteiger partial charge in [0.15, 0.2) is 5.58 Å². The maximum Gasteiger partial charge on any atom is 0.417 e. The van der Waals surface area contributed by atoms with Crippen LogP contribution in [0.3, 0.4) is 0 Å². The largest absolute Gasteiger partial charge is 0.417 e. The number of fused-ring (bicyclic) bond motifs is 1. The monoisotopic (exact) mass is 207 g/mol. The van der Waals surface area contributed by atoms with E-state index in [0.717, 1.165) is 0 Å². The first-order chi connectivity index (χ1) is 7.17. The minimum absolute atomic E-state index is 0.285. The molecule has 1 aromatic heterocycles. The first-order valence-electron chi connectivity index (χ1n) is 4.61. The topological polar surface area (TPSA) is 75.5 Å². The number of nitrogens with one attached hydrogen (secondary N) is 1. The highest BCUT2D eigenvalue weighted by Crippen LogP contribution is 2.30. The molecular weight excluding hydrogens is 198 g/mol. The third kappa shape index (κ3) is 1.20. The summed E-state index contributed by atoms with van der Waals surface area (Å²) in [4.78, 5) is 13.5. The number of aromatic amines is 1. The first kappa shape index (κ1) is 8.70. The quantitative estimate of drug-likeness (QED) is 0.707. The summed E-state index contributed by atoms with van der Waals surface area (Å²) in [5, 5.41) is 9.99. The van der Waals surface area contributed by atoms with Crippen molar-refractivity contribution in [3.05, 3.63) is 34.3 Å². The molecule has 1 saturated heterocycles. The smallest absolute Gasteiger partial charge is 0.408 e. The molecule has 1 fully saturated rings. The maximum absolute atomic E-state index is 10.9. The molecule has 0 unspecified atom stereocenters. The Hall–Kier alpha value is -1.59. The van der Waals surface area contributed by atoms with Gasteiger partial charge in [0, 0.05) is 0 Å². The van der Waals surface area contributed by atoms with Crippen LogP contribution in [0.2, 0.25) is 0 Å². The highest BCUT2D eigenvalue weighted by atomic mass is 16.5. The molecule has 5 nitrogen and oxygen atoms in total. The van der Waals surface area contributed by atoms with Crippen molar-refractivity contribution in [1.82, 2.24) is 4.98 Å². The Morgan fingerprint density at radius 1 is 1.40 bits per heavy atom. The molecule has 78 valence electrons. The molecule has 2 aromatic rings. The number of hydrogen-bond acceptors (Lipinski definition) is 4. The van der Waals surface area contributed by atoms with Gasteiger partial charge in [-0.25, -0.2) is 4.79 Å². The molecule has 0 saturated carbocycles. The third-order valence-electron chi connectivity index (χ3n) is 2.64. The zero-order valence-corrected chi connectivity index (χ0v) is 7.82. The Morgan fingerprint density at radius 3 is 2.87 bits per heavy atom. The number of rotatable bonds is 1. The Morgan fingerprint density at radius 2 is 2.20 bits per heavy atom. The van der Waals surface area contributed by atoms with E-state index in [2.05, 4.69) is 4.98 Å². The number of oxazole rings is 1. The molecule has 0 radical (unpaired) electrons. The van der Waals surface area contributed by atoms with Gasteiger partial charge in [-0.3, -0.25) is 4.98 Å². The predicted molar refractivity (Wildman–Crippen MR) is 51.6 cm³/mol. The number of benzene rings is 1. The van der Waals surface area contributed by atoms with E-state index >= 15 is 0 Å². The molecule has 2 heterocycles. The van der Waals surface area contributed by atoms with E-state index in [9.17, 15) is 9.90 Å². The average Bonchev–Trinajstić information content (AvgIpc) is 2.53. The molecular formula is C10H9NO4. The van der Waals surface area contributed by atoms with Gasteiger partial charge in [-0.15, -0.1) is 0 Å². The summed E-state index contributed by atoms with van der Waals surface area (Å²) in [5.74, 6) is -0.487. The third-order valence-corrected chi connectivity index (χ3v) is 2.64. The van der Waals surface area contributed by atoms with E-state index in [-0.39, 0.29) is 13.2 Å². The molecule has 0 aliphatic carbocycles. The Balaban J connectivity index is 2.17. The van der Waals surface area contributed by atoms with Crippen molar-refractivity contribution in [3.63, 3.8) is 0 Å². The zero-order chi connectivity index (χ0) is 10.5. The highest BCUT2D eigenvalue weighted by molar-refractivity contribution is 5.73. The van der Waals surface area contributed by atoms with Gasteiger partial charge in [0.1, 0.15) is 5.60 Å². The summed E-state index contributed by atoms with van der Waals surface area (Å²) in [5.41, 5.74) is 0.874. The van der Waals surface area contributed by atoms with Gasteiger partial charge in [0.2, 0.25) is 0 Å². The van der Waals surface area contributed by atoms with Gasteiger partial charge >= 0.3 is 5.76 Å². The number of aromatic nitrogens is 1. The van der Waals surface area contributed by atoms with Crippen molar-refractivity contribution in [2.45, 2.75) is 5.60 Å². The summed E-state index contributed by atoms with van der Waals surface area (Å²) < 4.78 is 9.87. The van der Waals surface area contributed by atoms with Crippen molar-refractivity contribution in [2.24, 2.45) is 0 Å². The van der Waals surface area contributed by atoms with Gasteiger partial charge < -0.3 is 14.3 Å². The Labute approximate surface area is 84.3 Å². The lowest BCUT2D eigenvalue weighted by atomic mass is 9.92. The minimum Gasteiger partial charge on any atom is -0.408 e. The number of aliphatic hydroxyl groups is 1. The molecule has 2 N–H and O–H groups in total. The van der Waals surface area contributed by atoms with E-state index in [0.29, 0.717) is 16.7 Å². The van der Waals surface area contributed by atoms with Crippen LogP contribution in [-0.2, 0) is 10.3 Å². The molecule has 0 atom stereocenters. The van der Waals surface area contributed by atoms with Gasteiger partial charge in [0.05, 0.1) is 18.7 Å². The van der Waals surface area contributed by atoms with Crippen molar-refractivity contribution >= 4 is 11.1 Å². The van der Waals surface area contributed by atoms with Crippen LogP contribution in [0.15, 0.2) is 27.4 Å². The van der Waals surface area contributed by atoms with Crippen LogP contribution in [-0.4, -0.2) is 23.3 Å². The summed E-state index contributed by atoms with van der Waals surface area (Å²) in [6.07, 6.45) is 0. The van der Waals surface area contributed by atoms with Crippen LogP contribution in [0, 0.1) is 0 Å². The van der Waals surface area contributed by atoms with E-state index in [1.54, 1.807) is 18.2 Å². The van der Waals surface area contributed by atoms with Gasteiger partial charge in [-0.1, -0.05) is 6.07 Å². The molecule has 0 amide bonds. The Bertz CT molecular complexity index is 564. The molecule has 0 spiro atoms. The average molecular weight is 207 g/mol. The number of ether oxygens (including phenoxy) is 1. The SMILES string of the molecule is O=c1[nH]c2ccc(C3(O)COC3)cc2o1. The number of hydrogen-bond donors (Lipinski definition) is 2. The lowest BCUT2D eigenvalue weighted by molar-refractivity contribution is -0.184. The van der Waals surface area contributed by atoms with Crippen molar-refractivity contribution in [2.75, 3.05) is 13.2 Å². The summed E-state index contributed by atoms with van der Waals surface area (Å²) in [6.45, 7) is 0.570. The van der Waals surface area contributed by atoms with Crippen molar-refractivity contribution in [1.29, 1.82) is 0 Å². The molecule has 1 aliphatic rings. The van der Waals surface area contributed by atoms with Crippen molar-refractivity contribution < 1.29 is 14.3 Å². The lowest BCUT2D eigenvalue weighted by Crippen LogP contribution is -2.46. The van der Waals surface area contributed by atoms with Crippen LogP contribution < -0.4 is 5.76 Å². The Kier molecular flexibility index (Phi) is 1.57. The molecule has 1 aromatic carbocycles. The fraction of sp³-hybridized carbons (Fsp3) is 0.300. The predicted octanol–water partition coefficient (Wildman–Crippen LogP) is 0.339. The highest BCUT2D eigenvalue weighted by Gasteiger charge is 2.38. The van der Waals surface area contributed by atoms with Crippen LogP contribution in [0.4, 0.5) is 0 Å². The van der Waals surface area contributed by atoms with Crippen LogP contribution in [0.1, 0.15) is 5.56 Å². The minimum atomic E-state index is -0.927. The van der Waals surface area contributed by atoms with E-state index in [1.807, 2.05) is 0 Å². The maximum atomic E-state index is 10.9. The standard InChI is InChI=1S/C10H9NO4/c12-9-11-7-2-1-6(3-8(7)15-9)10(13)4-14-5-10/h1-3,13H,4-5H2,(H,11,12). The van der Waals surface area contributed by atoms with Crippen LogP contribution in [0.5, 0.6) is 0 Å². The molecule has 5 heteroatoms. The van der Waals surface area contributed by atoms with Crippen LogP contribution in [0.25, 0.3) is 11.1 Å². The molecule has 15 heavy (non-hydrogen) atoms. The van der Waals surface area contributed by atoms with E-state index in [1.165, 1.54) is 0 Å². The molecule has 1 aliphatic heterocycles.